The Balaban J connectivity index is 2.05. The Kier molecular flexibility index (Phi) is 7.14. The molecule has 1 aliphatic heterocycles. The van der Waals surface area contributed by atoms with Crippen LogP contribution in [-0.2, 0) is 17.4 Å². The monoisotopic (exact) mass is 404 g/mol. The Morgan fingerprint density at radius 2 is 1.96 bits per heavy atom. The van der Waals surface area contributed by atoms with Gasteiger partial charge in [-0.25, -0.2) is 4.98 Å². The maximum atomic E-state index is 13.6. The van der Waals surface area contributed by atoms with Crippen LogP contribution in [0.15, 0.2) is 12.4 Å². The number of nitrogens with zero attached hydrogens (tertiary/aromatic N) is 3. The smallest absolute Gasteiger partial charge is 0.374 e. The van der Waals surface area contributed by atoms with Crippen LogP contribution in [0, 0.1) is 11.8 Å². The summed E-state index contributed by atoms with van der Waals surface area (Å²) < 4.78 is 41.8. The summed E-state index contributed by atoms with van der Waals surface area (Å²) in [4.78, 5) is 18.3. The third kappa shape index (κ3) is 5.05. The number of piperidine rings is 1. The highest BCUT2D eigenvalue weighted by Crippen LogP contribution is 2.40. The van der Waals surface area contributed by atoms with Crippen LogP contribution in [0.5, 0.6) is 0 Å². The van der Waals surface area contributed by atoms with Crippen molar-refractivity contribution in [2.75, 3.05) is 19.6 Å². The number of aromatic nitrogens is 2. The molecular formula is C19H31F3N4O2. The summed E-state index contributed by atoms with van der Waals surface area (Å²) in [6, 6.07) is 0.0450. The molecule has 9 heteroatoms. The number of rotatable bonds is 7. The third-order valence-electron chi connectivity index (χ3n) is 5.64. The van der Waals surface area contributed by atoms with E-state index in [2.05, 4.69) is 22.1 Å². The first-order valence-corrected chi connectivity index (χ1v) is 9.73. The molecule has 1 aromatic heterocycles. The molecule has 0 saturated carbocycles. The van der Waals surface area contributed by atoms with E-state index in [1.807, 2.05) is 13.8 Å². The van der Waals surface area contributed by atoms with Crippen molar-refractivity contribution in [2.45, 2.75) is 57.9 Å². The van der Waals surface area contributed by atoms with Gasteiger partial charge in [-0.05, 0) is 37.8 Å². The molecule has 0 aromatic carbocycles. The number of carbonyl (C=O) groups is 1. The zero-order chi connectivity index (χ0) is 21.1. The van der Waals surface area contributed by atoms with Gasteiger partial charge in [-0.3, -0.25) is 9.69 Å². The molecule has 6 nitrogen and oxygen atoms in total. The maximum Gasteiger partial charge on any atom is 0.425 e. The highest BCUT2D eigenvalue weighted by molar-refractivity contribution is 5.77. The van der Waals surface area contributed by atoms with Gasteiger partial charge in [-0.1, -0.05) is 20.8 Å². The largest absolute Gasteiger partial charge is 0.425 e. The zero-order valence-electron chi connectivity index (χ0n) is 17.0. The highest BCUT2D eigenvalue weighted by Gasteiger charge is 2.58. The Hall–Kier alpha value is -1.61. The predicted octanol–water partition coefficient (Wildman–Crippen LogP) is 2.43. The molecule has 0 spiro atoms. The van der Waals surface area contributed by atoms with Crippen LogP contribution < -0.4 is 5.32 Å². The van der Waals surface area contributed by atoms with Gasteiger partial charge in [-0.15, -0.1) is 0 Å². The average molecular weight is 404 g/mol. The van der Waals surface area contributed by atoms with Gasteiger partial charge in [-0.2, -0.15) is 13.2 Å². The molecule has 0 aliphatic carbocycles. The van der Waals surface area contributed by atoms with Crippen LogP contribution in [0.1, 0.15) is 45.9 Å². The first-order chi connectivity index (χ1) is 13.0. The molecule has 0 bridgehead atoms. The molecule has 28 heavy (non-hydrogen) atoms. The van der Waals surface area contributed by atoms with Crippen LogP contribution in [0.25, 0.3) is 0 Å². The standard InChI is InChI=1S/C19H31F3N4O2/c1-13(2)15(26-8-5-14(3)6-9-26)12-24-16(27)11-18(28,19(20,21)22)17-23-7-10-25(17)4/h7,10,13-15,28H,5-6,8-9,11-12H2,1-4H3,(H,24,27). The van der Waals surface area contributed by atoms with E-state index in [4.69, 9.17) is 0 Å². The molecule has 0 radical (unpaired) electrons. The second-order valence-electron chi connectivity index (χ2n) is 8.23. The summed E-state index contributed by atoms with van der Waals surface area (Å²) in [5.41, 5.74) is -3.33. The highest BCUT2D eigenvalue weighted by atomic mass is 19.4. The van der Waals surface area contributed by atoms with E-state index in [0.29, 0.717) is 5.92 Å². The third-order valence-corrected chi connectivity index (χ3v) is 5.64. The molecule has 1 fully saturated rings. The molecule has 2 rings (SSSR count). The Bertz CT molecular complexity index is 654. The fraction of sp³-hybridized carbons (Fsp3) is 0.789. The van der Waals surface area contributed by atoms with Gasteiger partial charge >= 0.3 is 6.18 Å². The molecular weight excluding hydrogens is 373 g/mol. The number of hydrogen-bond donors (Lipinski definition) is 2. The number of amides is 1. The van der Waals surface area contributed by atoms with E-state index in [-0.39, 0.29) is 18.5 Å². The zero-order valence-corrected chi connectivity index (χ0v) is 17.0. The number of imidazole rings is 1. The van der Waals surface area contributed by atoms with Crippen LogP contribution in [0.4, 0.5) is 13.2 Å². The first kappa shape index (κ1) is 22.7. The van der Waals surface area contributed by atoms with Crippen molar-refractivity contribution in [1.29, 1.82) is 0 Å². The minimum atomic E-state index is -5.02. The second kappa shape index (κ2) is 8.82. The number of carbonyl (C=O) groups excluding carboxylic acids is 1. The van der Waals surface area contributed by atoms with Crippen molar-refractivity contribution in [2.24, 2.45) is 18.9 Å². The summed E-state index contributed by atoms with van der Waals surface area (Å²) in [7, 11) is 1.35. The van der Waals surface area contributed by atoms with Gasteiger partial charge in [0.25, 0.3) is 0 Å². The molecule has 2 heterocycles. The Morgan fingerprint density at radius 1 is 1.36 bits per heavy atom. The summed E-state index contributed by atoms with van der Waals surface area (Å²) in [5.74, 6) is -0.539. The predicted molar refractivity (Wildman–Crippen MR) is 99.4 cm³/mol. The molecule has 2 N–H and O–H groups in total. The summed E-state index contributed by atoms with van der Waals surface area (Å²) in [5, 5.41) is 12.9. The van der Waals surface area contributed by atoms with Crippen molar-refractivity contribution in [3.05, 3.63) is 18.2 Å². The topological polar surface area (TPSA) is 70.4 Å². The van der Waals surface area contributed by atoms with Crippen LogP contribution in [0.2, 0.25) is 0 Å². The number of nitrogens with one attached hydrogen (secondary N) is 1. The van der Waals surface area contributed by atoms with Gasteiger partial charge in [0.05, 0.1) is 6.42 Å². The number of likely N-dealkylation sites (tertiary alicyclic amines) is 1. The lowest BCUT2D eigenvalue weighted by Gasteiger charge is -2.39. The molecule has 2 unspecified atom stereocenters. The normalized spacial score (nSPS) is 20.2. The molecule has 160 valence electrons. The minimum Gasteiger partial charge on any atom is -0.374 e. The Labute approximate surface area is 164 Å². The summed E-state index contributed by atoms with van der Waals surface area (Å²) in [6.07, 6.45) is -1.53. The van der Waals surface area contributed by atoms with Crippen molar-refractivity contribution in [3.63, 3.8) is 0 Å². The molecule has 1 amide bonds. The van der Waals surface area contributed by atoms with Gasteiger partial charge in [0.1, 0.15) is 0 Å². The van der Waals surface area contributed by atoms with Gasteiger partial charge in [0, 0.05) is 32.0 Å². The molecule has 1 aliphatic rings. The lowest BCUT2D eigenvalue weighted by atomic mass is 9.94. The van der Waals surface area contributed by atoms with Crippen LogP contribution >= 0.6 is 0 Å². The lowest BCUT2D eigenvalue weighted by molar-refractivity contribution is -0.271. The average Bonchev–Trinajstić information content (AvgIpc) is 3.01. The second-order valence-corrected chi connectivity index (χ2v) is 8.23. The van der Waals surface area contributed by atoms with Crippen molar-refractivity contribution < 1.29 is 23.1 Å². The Morgan fingerprint density at radius 3 is 2.43 bits per heavy atom. The van der Waals surface area contributed by atoms with E-state index in [0.717, 1.165) is 36.7 Å². The van der Waals surface area contributed by atoms with Gasteiger partial charge in [0.15, 0.2) is 5.82 Å². The SMILES string of the molecule is CC1CCN(C(CNC(=O)CC(O)(c2nccn2C)C(F)(F)F)C(C)C)CC1. The number of halogens is 3. The van der Waals surface area contributed by atoms with E-state index in [1.165, 1.54) is 13.2 Å². The van der Waals surface area contributed by atoms with Gasteiger partial charge < -0.3 is 15.0 Å². The number of alkyl halides is 3. The molecule has 1 saturated heterocycles. The number of aryl methyl sites for hydroxylation is 1. The van der Waals surface area contributed by atoms with Crippen molar-refractivity contribution in [1.82, 2.24) is 19.8 Å². The van der Waals surface area contributed by atoms with Crippen LogP contribution in [-0.4, -0.2) is 57.3 Å². The van der Waals surface area contributed by atoms with Gasteiger partial charge in [0.2, 0.25) is 11.5 Å². The minimum absolute atomic E-state index is 0.0450. The quantitative estimate of drug-likeness (QED) is 0.732. The van der Waals surface area contributed by atoms with E-state index in [1.54, 1.807) is 0 Å². The molecule has 1 aromatic rings. The lowest BCUT2D eigenvalue weighted by Crippen LogP contribution is -2.52. The first-order valence-electron chi connectivity index (χ1n) is 9.73. The van der Waals surface area contributed by atoms with E-state index < -0.39 is 29.9 Å². The summed E-state index contributed by atoms with van der Waals surface area (Å²) >= 11 is 0. The van der Waals surface area contributed by atoms with Crippen LogP contribution in [0.3, 0.4) is 0 Å². The number of aliphatic hydroxyl groups is 1. The van der Waals surface area contributed by atoms with Crippen molar-refractivity contribution >= 4 is 5.91 Å². The summed E-state index contributed by atoms with van der Waals surface area (Å²) in [6.45, 7) is 8.36. The van der Waals surface area contributed by atoms with E-state index in [9.17, 15) is 23.1 Å². The number of hydrogen-bond acceptors (Lipinski definition) is 4. The van der Waals surface area contributed by atoms with Crippen molar-refractivity contribution in [3.8, 4) is 0 Å². The fourth-order valence-corrected chi connectivity index (χ4v) is 3.73. The van der Waals surface area contributed by atoms with E-state index >= 15 is 0 Å². The fourth-order valence-electron chi connectivity index (χ4n) is 3.73. The maximum absolute atomic E-state index is 13.6. The molecule has 2 atom stereocenters.